The van der Waals surface area contributed by atoms with Gasteiger partial charge in [0, 0.05) is 0 Å². The minimum absolute atomic E-state index is 0.105. The Morgan fingerprint density at radius 2 is 1.11 bits per heavy atom. The predicted octanol–water partition coefficient (Wildman–Crippen LogP) is 13.9. The molecule has 0 amide bonds. The fourth-order valence-electron chi connectivity index (χ4n) is 11.3. The van der Waals surface area contributed by atoms with Crippen molar-refractivity contribution in [1.29, 1.82) is 0 Å². The van der Waals surface area contributed by atoms with E-state index in [1.165, 1.54) is 79.3 Å². The van der Waals surface area contributed by atoms with Gasteiger partial charge in [-0.25, -0.2) is 0 Å². The van der Waals surface area contributed by atoms with Gasteiger partial charge in [0.05, 0.1) is 14.2 Å². The van der Waals surface area contributed by atoms with Crippen LogP contribution in [0.15, 0.2) is 190 Å². The van der Waals surface area contributed by atoms with Gasteiger partial charge in [-0.1, -0.05) is 0 Å². The second kappa shape index (κ2) is 14.4. The summed E-state index contributed by atoms with van der Waals surface area (Å²) >= 11 is -4.29. The Labute approximate surface area is 350 Å². The number of rotatable bonds is 6. The molecular weight excluding hydrogens is 835 g/mol. The summed E-state index contributed by atoms with van der Waals surface area (Å²) in [6.07, 6.45) is 20.9. The van der Waals surface area contributed by atoms with Crippen LogP contribution in [-0.2, 0) is 17.9 Å². The van der Waals surface area contributed by atoms with Gasteiger partial charge in [0.25, 0.3) is 0 Å². The van der Waals surface area contributed by atoms with Crippen LogP contribution in [0.25, 0.3) is 22.3 Å². The van der Waals surface area contributed by atoms with Gasteiger partial charge < -0.3 is 9.47 Å². The van der Waals surface area contributed by atoms with E-state index in [2.05, 4.69) is 135 Å². The fraction of sp³-hybridized carbons (Fsp3) is 0.216. The number of allylic oxidation sites excluding steroid dienone is 16. The molecule has 0 aromatic heterocycles. The Hall–Kier alpha value is -3.92. The fourth-order valence-corrected chi connectivity index (χ4v) is 32.5. The van der Waals surface area contributed by atoms with Crippen LogP contribution in [0.1, 0.15) is 49.7 Å². The van der Waals surface area contributed by atoms with Crippen molar-refractivity contribution in [3.63, 3.8) is 0 Å². The van der Waals surface area contributed by atoms with E-state index in [0.29, 0.717) is 0 Å². The Bertz CT molecular complexity index is 2550. The molecule has 57 heavy (non-hydrogen) atoms. The van der Waals surface area contributed by atoms with Crippen LogP contribution in [0.3, 0.4) is 0 Å². The Morgan fingerprint density at radius 1 is 0.614 bits per heavy atom. The zero-order chi connectivity index (χ0) is 39.1. The number of benzene rings is 4. The first-order chi connectivity index (χ1) is 27.8. The molecule has 0 fully saturated rings. The summed E-state index contributed by atoms with van der Waals surface area (Å²) in [6.45, 7) is 4.87. The molecule has 2 heterocycles. The van der Waals surface area contributed by atoms with E-state index in [1.54, 1.807) is 24.6 Å². The predicted molar refractivity (Wildman–Crippen MR) is 238 cm³/mol. The van der Waals surface area contributed by atoms with E-state index in [9.17, 15) is 0 Å². The maximum atomic E-state index is 8.46. The molecule has 0 saturated carbocycles. The first-order valence-corrected chi connectivity index (χ1v) is 31.2. The summed E-state index contributed by atoms with van der Waals surface area (Å²) < 4.78 is 10.7. The van der Waals surface area contributed by atoms with Crippen molar-refractivity contribution < 1.29 is 27.4 Å². The van der Waals surface area contributed by atoms with Gasteiger partial charge in [0.15, 0.2) is 0 Å². The second-order valence-corrected chi connectivity index (χ2v) is 34.0. The molecule has 4 aromatic rings. The first-order valence-electron chi connectivity index (χ1n) is 20.2. The normalized spacial score (nSPS) is 26.6. The van der Waals surface area contributed by atoms with E-state index >= 15 is 0 Å². The topological polar surface area (TPSA) is 18.5 Å². The van der Waals surface area contributed by atoms with Crippen LogP contribution in [-0.4, -0.2) is 23.0 Å². The number of halogens is 2. The Morgan fingerprint density at radius 3 is 1.63 bits per heavy atom. The minimum atomic E-state index is -4.29. The molecule has 0 N–H and O–H groups in total. The van der Waals surface area contributed by atoms with E-state index in [-0.39, 0.29) is 18.6 Å². The Balaban J connectivity index is 1.09. The van der Waals surface area contributed by atoms with E-state index in [4.69, 9.17) is 26.5 Å². The van der Waals surface area contributed by atoms with Crippen molar-refractivity contribution in [1.82, 2.24) is 0 Å². The van der Waals surface area contributed by atoms with Gasteiger partial charge in [0.2, 0.25) is 0 Å². The van der Waals surface area contributed by atoms with Crippen LogP contribution in [0.2, 0.25) is 12.8 Å². The Kier molecular flexibility index (Phi) is 9.45. The third-order valence-electron chi connectivity index (χ3n) is 13.9. The van der Waals surface area contributed by atoms with Crippen LogP contribution in [0.5, 0.6) is 11.5 Å². The van der Waals surface area contributed by atoms with Gasteiger partial charge in [-0.3, -0.25) is 0 Å². The number of fused-ring (bicyclic) bond motifs is 4. The molecule has 4 aliphatic carbocycles. The number of hydrogen-bond acceptors (Lipinski definition) is 2. The van der Waals surface area contributed by atoms with Gasteiger partial charge in [-0.05, 0) is 0 Å². The molecule has 6 heteroatoms. The quantitative estimate of drug-likeness (QED) is 0.180. The number of methoxy groups -OCH3 is 2. The van der Waals surface area contributed by atoms with E-state index < -0.39 is 26.7 Å². The van der Waals surface area contributed by atoms with Crippen molar-refractivity contribution in [2.45, 2.75) is 51.3 Å². The van der Waals surface area contributed by atoms with Crippen molar-refractivity contribution in [2.24, 2.45) is 0 Å². The summed E-state index contributed by atoms with van der Waals surface area (Å²) in [5, 5.41) is 3.29. The maximum absolute atomic E-state index is 8.46. The third-order valence-corrected chi connectivity index (χ3v) is 32.8. The van der Waals surface area contributed by atoms with Crippen molar-refractivity contribution in [3.05, 3.63) is 201 Å². The number of ether oxygens (including phenoxy) is 2. The summed E-state index contributed by atoms with van der Waals surface area (Å²) in [7, 11) is 18.6. The van der Waals surface area contributed by atoms with Gasteiger partial charge in [-0.15, -0.1) is 0 Å². The SMILES string of the molecule is COc1ccc(-c2ccc(C3C=CC=CC4=C3C3=C(C)[CH]4[Zr]([Cl])([Cl])[C]45CCC[SiH]3C(=C4C)C3=C5C=CC=CC3c3ccc(-c4ccc(OC)cc4)cc3)cc2)cc1. The zero-order valence-corrected chi connectivity index (χ0v) is 38.0. The average Bonchev–Trinajstić information content (AvgIpc) is 3.39. The summed E-state index contributed by atoms with van der Waals surface area (Å²) in [6, 6.07) is 36.4. The average molecular weight is 881 g/mol. The molecule has 4 aromatic carbocycles. The molecule has 5 bridgehead atoms. The van der Waals surface area contributed by atoms with Gasteiger partial charge >= 0.3 is 329 Å². The second-order valence-electron chi connectivity index (χ2n) is 16.4. The molecular formula is C51H46Cl2O2SiZr. The summed E-state index contributed by atoms with van der Waals surface area (Å²) in [5.41, 5.74) is 16.3. The standard InChI is InChI=1S/C51H46O2Si.2ClH.Zr/c1-33-32-41-10-5-6-11-45(39-19-15-35(16-20-39)37-23-27-42(52-3)28-24-37)48(41)50(33)54-31-9-14-44-34(2)51(54)49-46(12-7-8-13-47(44)49)40-21-17-36(18-22-40)38-25-29-43(53-4)30-26-38;;;/h5-8,10-13,15-30,32,45-46,54H,9,14,31H2,1-4H3;2*1H;/q;;;+2/p-2. The molecule has 5 atom stereocenters. The monoisotopic (exact) mass is 878 g/mol. The van der Waals surface area contributed by atoms with Gasteiger partial charge in [0.1, 0.15) is 0 Å². The molecule has 2 aliphatic heterocycles. The van der Waals surface area contributed by atoms with Crippen LogP contribution in [0, 0.1) is 0 Å². The molecule has 0 spiro atoms. The first kappa shape index (κ1) is 37.4. The third kappa shape index (κ3) is 5.65. The number of hydrogen-bond donors (Lipinski definition) is 0. The molecule has 10 rings (SSSR count). The van der Waals surface area contributed by atoms with Crippen LogP contribution in [0.4, 0.5) is 0 Å². The molecule has 0 saturated heterocycles. The van der Waals surface area contributed by atoms with Crippen molar-refractivity contribution in [2.75, 3.05) is 14.2 Å². The van der Waals surface area contributed by atoms with Crippen LogP contribution < -0.4 is 9.47 Å². The van der Waals surface area contributed by atoms with Crippen molar-refractivity contribution >= 4 is 25.8 Å². The molecule has 0 radical (unpaired) electrons. The molecule has 5 unspecified atom stereocenters. The zero-order valence-electron chi connectivity index (χ0n) is 32.9. The van der Waals surface area contributed by atoms with Crippen LogP contribution >= 0.6 is 17.0 Å². The molecule has 2 nitrogen and oxygen atoms in total. The van der Waals surface area contributed by atoms with E-state index in [0.717, 1.165) is 17.9 Å². The molecule has 6 aliphatic rings. The summed E-state index contributed by atoms with van der Waals surface area (Å²) in [5.74, 6) is 2.01. The van der Waals surface area contributed by atoms with Gasteiger partial charge in [-0.2, -0.15) is 0 Å². The molecule has 284 valence electrons. The summed E-state index contributed by atoms with van der Waals surface area (Å²) in [4.78, 5) is 0. The van der Waals surface area contributed by atoms with Crippen molar-refractivity contribution in [3.8, 4) is 33.8 Å². The van der Waals surface area contributed by atoms with E-state index in [1.807, 2.05) is 24.3 Å².